The number of nitrogens with zero attached hydrogens (tertiary/aromatic N) is 2. The average molecular weight is 300 g/mol. The molecule has 0 fully saturated rings. The molecule has 1 aromatic rings. The molecule has 1 aromatic heterocycles. The maximum Gasteiger partial charge on any atom is 0.128 e. The van der Waals surface area contributed by atoms with Gasteiger partial charge in [0.05, 0.1) is 0 Å². The molecule has 0 atom stereocenters. The second-order valence-electron chi connectivity index (χ2n) is 5.17. The minimum absolute atomic E-state index is 0.110. The van der Waals surface area contributed by atoms with E-state index in [1.165, 1.54) is 5.56 Å². The summed E-state index contributed by atoms with van der Waals surface area (Å²) in [6.45, 7) is 11.1. The lowest BCUT2D eigenvalue weighted by Crippen LogP contribution is -2.39. The van der Waals surface area contributed by atoms with Crippen molar-refractivity contribution in [1.29, 1.82) is 0 Å². The van der Waals surface area contributed by atoms with Crippen LogP contribution >= 0.6 is 15.9 Å². The Labute approximate surface area is 113 Å². The van der Waals surface area contributed by atoms with Gasteiger partial charge >= 0.3 is 0 Å². The van der Waals surface area contributed by atoms with Crippen LogP contribution < -0.4 is 10.6 Å². The molecule has 0 aliphatic heterocycles. The molecule has 0 aliphatic carbocycles. The molecule has 0 aliphatic rings. The van der Waals surface area contributed by atoms with Crippen LogP contribution in [-0.4, -0.2) is 24.6 Å². The Balaban J connectivity index is 2.90. The Bertz CT molecular complexity index is 377. The number of nitrogens with two attached hydrogens (primary N) is 1. The van der Waals surface area contributed by atoms with Crippen LogP contribution in [0.3, 0.4) is 0 Å². The molecule has 0 spiro atoms. The summed E-state index contributed by atoms with van der Waals surface area (Å²) >= 11 is 3.47. The van der Waals surface area contributed by atoms with Crippen LogP contribution in [0.15, 0.2) is 16.7 Å². The van der Waals surface area contributed by atoms with Crippen molar-refractivity contribution in [2.75, 3.05) is 24.5 Å². The first kappa shape index (κ1) is 14.5. The smallest absolute Gasteiger partial charge is 0.128 e. The Kier molecular flexibility index (Phi) is 4.95. The van der Waals surface area contributed by atoms with Crippen molar-refractivity contribution in [3.63, 3.8) is 0 Å². The van der Waals surface area contributed by atoms with Gasteiger partial charge in [-0.1, -0.05) is 13.8 Å². The Hall–Kier alpha value is -0.610. The first-order valence-corrected chi connectivity index (χ1v) is 6.76. The first-order chi connectivity index (χ1) is 7.89. The van der Waals surface area contributed by atoms with Crippen molar-refractivity contribution in [2.24, 2.45) is 11.1 Å². The number of hydrogen-bond donors (Lipinski definition) is 1. The number of hydrogen-bond acceptors (Lipinski definition) is 3. The summed E-state index contributed by atoms with van der Waals surface area (Å²) in [5.74, 6) is 1.02. The van der Waals surface area contributed by atoms with E-state index < -0.39 is 0 Å². The van der Waals surface area contributed by atoms with Crippen molar-refractivity contribution < 1.29 is 0 Å². The lowest BCUT2D eigenvalue weighted by Gasteiger charge is -2.32. The molecule has 96 valence electrons. The zero-order chi connectivity index (χ0) is 13.1. The summed E-state index contributed by atoms with van der Waals surface area (Å²) in [7, 11) is 0. The van der Waals surface area contributed by atoms with Crippen molar-refractivity contribution in [3.05, 3.63) is 22.3 Å². The van der Waals surface area contributed by atoms with Gasteiger partial charge in [0.2, 0.25) is 0 Å². The third-order valence-corrected chi connectivity index (χ3v) is 3.74. The summed E-state index contributed by atoms with van der Waals surface area (Å²) in [6, 6.07) is 2.11. The predicted octanol–water partition coefficient (Wildman–Crippen LogP) is 2.96. The fraction of sp³-hybridized carbons (Fsp3) is 0.615. The predicted molar refractivity (Wildman–Crippen MR) is 77.4 cm³/mol. The van der Waals surface area contributed by atoms with E-state index >= 15 is 0 Å². The van der Waals surface area contributed by atoms with Crippen LogP contribution in [-0.2, 0) is 0 Å². The number of aromatic nitrogens is 1. The molecule has 1 heterocycles. The monoisotopic (exact) mass is 299 g/mol. The maximum absolute atomic E-state index is 5.79. The molecule has 17 heavy (non-hydrogen) atoms. The van der Waals surface area contributed by atoms with Gasteiger partial charge in [-0.3, -0.25) is 0 Å². The molecule has 0 bridgehead atoms. The minimum atomic E-state index is 0.110. The molecule has 2 N–H and O–H groups in total. The number of halogens is 1. The highest BCUT2D eigenvalue weighted by Crippen LogP contribution is 2.23. The summed E-state index contributed by atoms with van der Waals surface area (Å²) in [5.41, 5.74) is 7.10. The minimum Gasteiger partial charge on any atom is -0.356 e. The van der Waals surface area contributed by atoms with Crippen LogP contribution in [0.25, 0.3) is 0 Å². The summed E-state index contributed by atoms with van der Waals surface area (Å²) in [5, 5.41) is 0. The van der Waals surface area contributed by atoms with E-state index in [0.29, 0.717) is 6.54 Å². The van der Waals surface area contributed by atoms with E-state index in [-0.39, 0.29) is 5.41 Å². The van der Waals surface area contributed by atoms with Crippen molar-refractivity contribution in [1.82, 2.24) is 4.98 Å². The van der Waals surface area contributed by atoms with E-state index in [0.717, 1.165) is 23.4 Å². The normalized spacial score (nSPS) is 11.6. The van der Waals surface area contributed by atoms with Gasteiger partial charge in [-0.15, -0.1) is 0 Å². The maximum atomic E-state index is 5.79. The van der Waals surface area contributed by atoms with Crippen LogP contribution in [0.5, 0.6) is 0 Å². The van der Waals surface area contributed by atoms with E-state index in [1.54, 1.807) is 0 Å². The van der Waals surface area contributed by atoms with Gasteiger partial charge < -0.3 is 10.6 Å². The van der Waals surface area contributed by atoms with Gasteiger partial charge in [0.15, 0.2) is 0 Å². The second kappa shape index (κ2) is 5.83. The molecule has 3 nitrogen and oxygen atoms in total. The highest BCUT2D eigenvalue weighted by atomic mass is 79.9. The van der Waals surface area contributed by atoms with Crippen LogP contribution in [0.2, 0.25) is 0 Å². The number of pyridine rings is 1. The van der Waals surface area contributed by atoms with Crippen LogP contribution in [0, 0.1) is 12.3 Å². The topological polar surface area (TPSA) is 42.1 Å². The third-order valence-electron chi connectivity index (χ3n) is 2.91. The van der Waals surface area contributed by atoms with Crippen molar-refractivity contribution in [2.45, 2.75) is 27.7 Å². The zero-order valence-corrected chi connectivity index (χ0v) is 12.7. The van der Waals surface area contributed by atoms with Gasteiger partial charge in [-0.25, -0.2) is 4.98 Å². The van der Waals surface area contributed by atoms with Crippen molar-refractivity contribution >= 4 is 21.7 Å². The molecule has 4 heteroatoms. The van der Waals surface area contributed by atoms with Gasteiger partial charge in [-0.2, -0.15) is 0 Å². The largest absolute Gasteiger partial charge is 0.356 e. The van der Waals surface area contributed by atoms with Crippen molar-refractivity contribution in [3.8, 4) is 0 Å². The standard InChI is InChI=1S/C13H22BrN3/c1-5-17(9-13(3,4)8-15)12-6-10(2)11(14)7-16-12/h6-7H,5,8-9,15H2,1-4H3. The van der Waals surface area contributed by atoms with Crippen LogP contribution in [0.4, 0.5) is 5.82 Å². The molecular weight excluding hydrogens is 278 g/mol. The van der Waals surface area contributed by atoms with Gasteiger partial charge in [0, 0.05) is 23.8 Å². The highest BCUT2D eigenvalue weighted by Gasteiger charge is 2.20. The molecule has 0 aromatic carbocycles. The summed E-state index contributed by atoms with van der Waals surface area (Å²) < 4.78 is 1.05. The lowest BCUT2D eigenvalue weighted by atomic mass is 9.93. The Morgan fingerprint density at radius 3 is 2.59 bits per heavy atom. The van der Waals surface area contributed by atoms with Gasteiger partial charge in [0.1, 0.15) is 5.82 Å². The first-order valence-electron chi connectivity index (χ1n) is 5.97. The lowest BCUT2D eigenvalue weighted by molar-refractivity contribution is 0.378. The average Bonchev–Trinajstić information content (AvgIpc) is 2.30. The van der Waals surface area contributed by atoms with E-state index in [2.05, 4.69) is 59.6 Å². The Morgan fingerprint density at radius 2 is 2.12 bits per heavy atom. The molecular formula is C13H22BrN3. The molecule has 0 saturated carbocycles. The molecule has 1 rings (SSSR count). The number of aryl methyl sites for hydroxylation is 1. The molecule has 0 amide bonds. The number of rotatable bonds is 5. The molecule has 0 unspecified atom stereocenters. The quantitative estimate of drug-likeness (QED) is 0.909. The van der Waals surface area contributed by atoms with E-state index in [9.17, 15) is 0 Å². The van der Waals surface area contributed by atoms with Gasteiger partial charge in [-0.05, 0) is 53.4 Å². The molecule has 0 saturated heterocycles. The van der Waals surface area contributed by atoms with Gasteiger partial charge in [0.25, 0.3) is 0 Å². The second-order valence-corrected chi connectivity index (χ2v) is 6.03. The third kappa shape index (κ3) is 3.96. The Morgan fingerprint density at radius 1 is 1.47 bits per heavy atom. The number of anilines is 1. The summed E-state index contributed by atoms with van der Waals surface area (Å²) in [6.07, 6.45) is 1.86. The SMILES string of the molecule is CCN(CC(C)(C)CN)c1cc(C)c(Br)cn1. The van der Waals surface area contributed by atoms with Crippen LogP contribution in [0.1, 0.15) is 26.3 Å². The highest BCUT2D eigenvalue weighted by molar-refractivity contribution is 9.10. The molecule has 0 radical (unpaired) electrons. The fourth-order valence-corrected chi connectivity index (χ4v) is 1.85. The zero-order valence-electron chi connectivity index (χ0n) is 11.1. The van der Waals surface area contributed by atoms with E-state index in [1.807, 2.05) is 6.20 Å². The fourth-order valence-electron chi connectivity index (χ4n) is 1.63. The van der Waals surface area contributed by atoms with E-state index in [4.69, 9.17) is 5.73 Å². The summed E-state index contributed by atoms with van der Waals surface area (Å²) in [4.78, 5) is 6.74.